The van der Waals surface area contributed by atoms with E-state index >= 15 is 0 Å². The fourth-order valence-electron chi connectivity index (χ4n) is 2.06. The lowest BCUT2D eigenvalue weighted by Crippen LogP contribution is -2.35. The van der Waals surface area contributed by atoms with Crippen LogP contribution in [0.25, 0.3) is 0 Å². The minimum atomic E-state index is 0.415. The molecule has 1 heterocycles. The molecule has 0 saturated heterocycles. The van der Waals surface area contributed by atoms with E-state index in [1.54, 1.807) is 0 Å². The van der Waals surface area contributed by atoms with Gasteiger partial charge >= 0.3 is 0 Å². The van der Waals surface area contributed by atoms with Gasteiger partial charge in [0.1, 0.15) is 0 Å². The van der Waals surface area contributed by atoms with Crippen molar-refractivity contribution >= 4 is 0 Å². The fourth-order valence-corrected chi connectivity index (χ4v) is 2.06. The maximum atomic E-state index is 5.47. The second-order valence-corrected chi connectivity index (χ2v) is 4.59. The topological polar surface area (TPSA) is 34.1 Å². The zero-order valence-corrected chi connectivity index (χ0v) is 11.9. The van der Waals surface area contributed by atoms with Gasteiger partial charge in [-0.3, -0.25) is 4.98 Å². The second-order valence-electron chi connectivity index (χ2n) is 4.59. The van der Waals surface area contributed by atoms with Gasteiger partial charge in [0.15, 0.2) is 0 Å². The van der Waals surface area contributed by atoms with Crippen molar-refractivity contribution in [1.29, 1.82) is 0 Å². The lowest BCUT2D eigenvalue weighted by atomic mass is 9.95. The Bertz CT molecular complexity index is 303. The van der Waals surface area contributed by atoms with E-state index in [1.807, 2.05) is 19.2 Å². The summed E-state index contributed by atoms with van der Waals surface area (Å²) in [5.41, 5.74) is 1.16. The molecule has 102 valence electrons. The molecule has 0 amide bonds. The van der Waals surface area contributed by atoms with Gasteiger partial charge in [-0.1, -0.05) is 19.9 Å². The molecule has 0 aliphatic carbocycles. The summed E-state index contributed by atoms with van der Waals surface area (Å²) in [4.78, 5) is 4.46. The summed E-state index contributed by atoms with van der Waals surface area (Å²) in [6.07, 6.45) is 4.05. The quantitative estimate of drug-likeness (QED) is 0.684. The van der Waals surface area contributed by atoms with Crippen LogP contribution in [0.5, 0.6) is 0 Å². The number of aromatic nitrogens is 1. The Morgan fingerprint density at radius 3 is 2.78 bits per heavy atom. The summed E-state index contributed by atoms with van der Waals surface area (Å²) in [6, 6.07) is 6.56. The van der Waals surface area contributed by atoms with Crippen LogP contribution in [0.15, 0.2) is 24.4 Å². The minimum absolute atomic E-state index is 0.415. The van der Waals surface area contributed by atoms with Crippen LogP contribution < -0.4 is 5.32 Å². The summed E-state index contributed by atoms with van der Waals surface area (Å²) >= 11 is 0. The van der Waals surface area contributed by atoms with Crippen LogP contribution in [0, 0.1) is 0 Å². The number of ether oxygens (including phenoxy) is 1. The molecule has 0 aromatic carbocycles. The molecule has 1 aromatic rings. The van der Waals surface area contributed by atoms with Crippen molar-refractivity contribution in [3.05, 3.63) is 30.1 Å². The van der Waals surface area contributed by atoms with Crippen molar-refractivity contribution in [2.45, 2.75) is 45.6 Å². The Labute approximate surface area is 111 Å². The number of hydrogen-bond acceptors (Lipinski definition) is 3. The van der Waals surface area contributed by atoms with Gasteiger partial charge in [-0.15, -0.1) is 0 Å². The average Bonchev–Trinajstić information content (AvgIpc) is 2.43. The Morgan fingerprint density at radius 2 is 2.17 bits per heavy atom. The second kappa shape index (κ2) is 9.06. The molecule has 0 aliphatic heterocycles. The standard InChI is InChI=1S/C15H26N2O/c1-4-10-16-15(9-12-18-5-2)13(3)14-8-6-7-11-17-14/h6-8,11,13,15-16H,4-5,9-10,12H2,1-3H3. The van der Waals surface area contributed by atoms with Crippen molar-refractivity contribution in [1.82, 2.24) is 10.3 Å². The van der Waals surface area contributed by atoms with Gasteiger partial charge in [0.2, 0.25) is 0 Å². The molecule has 1 N–H and O–H groups in total. The summed E-state index contributed by atoms with van der Waals surface area (Å²) in [5.74, 6) is 0.415. The Kier molecular flexibility index (Phi) is 7.62. The van der Waals surface area contributed by atoms with Crippen LogP contribution in [-0.2, 0) is 4.74 Å². The number of hydrogen-bond donors (Lipinski definition) is 1. The Hall–Kier alpha value is -0.930. The SMILES string of the molecule is CCCNC(CCOCC)C(C)c1ccccn1. The summed E-state index contributed by atoms with van der Waals surface area (Å²) in [7, 11) is 0. The van der Waals surface area contributed by atoms with E-state index in [4.69, 9.17) is 4.74 Å². The molecule has 2 atom stereocenters. The highest BCUT2D eigenvalue weighted by Crippen LogP contribution is 2.19. The molecule has 0 bridgehead atoms. The lowest BCUT2D eigenvalue weighted by molar-refractivity contribution is 0.133. The first kappa shape index (κ1) is 15.1. The predicted octanol–water partition coefficient (Wildman–Crippen LogP) is 2.98. The largest absolute Gasteiger partial charge is 0.382 e. The van der Waals surface area contributed by atoms with E-state index < -0.39 is 0 Å². The van der Waals surface area contributed by atoms with Crippen molar-refractivity contribution in [2.24, 2.45) is 0 Å². The molecule has 18 heavy (non-hydrogen) atoms. The third kappa shape index (κ3) is 5.15. The summed E-state index contributed by atoms with van der Waals surface area (Å²) < 4.78 is 5.47. The smallest absolute Gasteiger partial charge is 0.0480 e. The molecule has 3 nitrogen and oxygen atoms in total. The third-order valence-corrected chi connectivity index (χ3v) is 3.19. The molecule has 0 aliphatic rings. The zero-order chi connectivity index (χ0) is 13.2. The number of pyridine rings is 1. The van der Waals surface area contributed by atoms with Crippen LogP contribution in [0.4, 0.5) is 0 Å². The van der Waals surface area contributed by atoms with E-state index in [-0.39, 0.29) is 0 Å². The van der Waals surface area contributed by atoms with Crippen LogP contribution >= 0.6 is 0 Å². The van der Waals surface area contributed by atoms with Gasteiger partial charge < -0.3 is 10.1 Å². The van der Waals surface area contributed by atoms with Gasteiger partial charge in [0.05, 0.1) is 0 Å². The van der Waals surface area contributed by atoms with E-state index in [1.165, 1.54) is 0 Å². The van der Waals surface area contributed by atoms with Crippen molar-refractivity contribution in [2.75, 3.05) is 19.8 Å². The van der Waals surface area contributed by atoms with Crippen LogP contribution in [0.3, 0.4) is 0 Å². The highest BCUT2D eigenvalue weighted by molar-refractivity contribution is 5.11. The maximum absolute atomic E-state index is 5.47. The monoisotopic (exact) mass is 250 g/mol. The number of nitrogens with one attached hydrogen (secondary N) is 1. The van der Waals surface area contributed by atoms with Gasteiger partial charge in [0.25, 0.3) is 0 Å². The first-order valence-corrected chi connectivity index (χ1v) is 7.01. The zero-order valence-electron chi connectivity index (χ0n) is 11.9. The van der Waals surface area contributed by atoms with Crippen molar-refractivity contribution in [3.8, 4) is 0 Å². The van der Waals surface area contributed by atoms with E-state index in [2.05, 4.69) is 36.3 Å². The van der Waals surface area contributed by atoms with E-state index in [9.17, 15) is 0 Å². The van der Waals surface area contributed by atoms with Gasteiger partial charge in [-0.25, -0.2) is 0 Å². The molecule has 2 unspecified atom stereocenters. The highest BCUT2D eigenvalue weighted by atomic mass is 16.5. The maximum Gasteiger partial charge on any atom is 0.0480 e. The van der Waals surface area contributed by atoms with Gasteiger partial charge in [-0.2, -0.15) is 0 Å². The molecule has 0 fully saturated rings. The molecule has 1 aromatic heterocycles. The summed E-state index contributed by atoms with van der Waals surface area (Å²) in [6.45, 7) is 9.12. The fraction of sp³-hybridized carbons (Fsp3) is 0.667. The minimum Gasteiger partial charge on any atom is -0.382 e. The van der Waals surface area contributed by atoms with E-state index in [0.717, 1.165) is 38.3 Å². The highest BCUT2D eigenvalue weighted by Gasteiger charge is 2.18. The van der Waals surface area contributed by atoms with E-state index in [0.29, 0.717) is 12.0 Å². The van der Waals surface area contributed by atoms with Crippen LogP contribution in [0.1, 0.15) is 45.2 Å². The Morgan fingerprint density at radius 1 is 1.33 bits per heavy atom. The molecule has 3 heteroatoms. The van der Waals surface area contributed by atoms with Crippen LogP contribution in [0.2, 0.25) is 0 Å². The first-order valence-electron chi connectivity index (χ1n) is 7.01. The molecule has 0 spiro atoms. The van der Waals surface area contributed by atoms with Crippen LogP contribution in [-0.4, -0.2) is 30.8 Å². The summed E-state index contributed by atoms with van der Waals surface area (Å²) in [5, 5.41) is 3.61. The van der Waals surface area contributed by atoms with Gasteiger partial charge in [-0.05, 0) is 38.4 Å². The molecular formula is C15H26N2O. The van der Waals surface area contributed by atoms with Crippen molar-refractivity contribution in [3.63, 3.8) is 0 Å². The predicted molar refractivity (Wildman–Crippen MR) is 75.8 cm³/mol. The van der Waals surface area contributed by atoms with Crippen molar-refractivity contribution < 1.29 is 4.74 Å². The van der Waals surface area contributed by atoms with Gasteiger partial charge in [0, 0.05) is 37.1 Å². The average molecular weight is 250 g/mol. The molecule has 0 saturated carbocycles. The number of nitrogens with zero attached hydrogens (tertiary/aromatic N) is 1. The molecule has 0 radical (unpaired) electrons. The number of rotatable bonds is 9. The third-order valence-electron chi connectivity index (χ3n) is 3.19. The lowest BCUT2D eigenvalue weighted by Gasteiger charge is -2.24. The first-order chi connectivity index (χ1) is 8.79. The molecule has 1 rings (SSSR count). The normalized spacial score (nSPS) is 14.4. The Balaban J connectivity index is 2.57. The molecular weight excluding hydrogens is 224 g/mol.